The van der Waals surface area contributed by atoms with Gasteiger partial charge in [0.25, 0.3) is 0 Å². The molecule has 3 nitrogen and oxygen atoms in total. The Morgan fingerprint density at radius 1 is 0.808 bits per heavy atom. The predicted octanol–water partition coefficient (Wildman–Crippen LogP) is 4.42. The quantitative estimate of drug-likeness (QED) is 0.659. The van der Waals surface area contributed by atoms with Crippen LogP contribution in [0.1, 0.15) is 13.3 Å². The van der Waals surface area contributed by atoms with E-state index in [1.807, 2.05) is 97.9 Å². The lowest BCUT2D eigenvalue weighted by molar-refractivity contribution is -0.116. The van der Waals surface area contributed by atoms with Gasteiger partial charge in [-0.15, -0.1) is 0 Å². The molecular formula is C22H22NO2P. The van der Waals surface area contributed by atoms with Crippen molar-refractivity contribution in [3.8, 4) is 0 Å². The van der Waals surface area contributed by atoms with Gasteiger partial charge in [-0.2, -0.15) is 0 Å². The van der Waals surface area contributed by atoms with Crippen molar-refractivity contribution < 1.29 is 9.36 Å². The van der Waals surface area contributed by atoms with E-state index in [2.05, 4.69) is 5.32 Å². The molecule has 4 heteroatoms. The third kappa shape index (κ3) is 3.95. The minimum absolute atomic E-state index is 0.129. The Kier molecular flexibility index (Phi) is 5.70. The summed E-state index contributed by atoms with van der Waals surface area (Å²) in [5, 5.41) is 4.45. The van der Waals surface area contributed by atoms with E-state index in [9.17, 15) is 9.36 Å². The molecule has 0 heterocycles. The number of rotatable bonds is 6. The summed E-state index contributed by atoms with van der Waals surface area (Å²) in [4.78, 5) is 12.5. The second-order valence-electron chi connectivity index (χ2n) is 6.30. The zero-order valence-corrected chi connectivity index (χ0v) is 15.6. The van der Waals surface area contributed by atoms with Crippen molar-refractivity contribution >= 4 is 29.3 Å². The van der Waals surface area contributed by atoms with Crippen molar-refractivity contribution in [2.24, 2.45) is 0 Å². The maximum Gasteiger partial charge on any atom is 0.225 e. The molecular weight excluding hydrogens is 341 g/mol. The van der Waals surface area contributed by atoms with Gasteiger partial charge in [0.05, 0.1) is 0 Å². The first-order valence-electron chi connectivity index (χ1n) is 8.66. The van der Waals surface area contributed by atoms with E-state index in [0.717, 1.165) is 16.3 Å². The Balaban J connectivity index is 1.88. The first-order valence-corrected chi connectivity index (χ1v) is 10.4. The number of hydrogen-bond donors (Lipinski definition) is 1. The van der Waals surface area contributed by atoms with Crippen molar-refractivity contribution in [2.75, 3.05) is 5.32 Å². The molecule has 1 unspecified atom stereocenters. The number of anilines is 1. The number of amides is 1. The van der Waals surface area contributed by atoms with E-state index in [0.29, 0.717) is 0 Å². The lowest BCUT2D eigenvalue weighted by Gasteiger charge is -2.25. The number of nitrogens with one attached hydrogen (secondary N) is 1. The summed E-state index contributed by atoms with van der Waals surface area (Å²) in [5.74, 6) is -0.129. The van der Waals surface area contributed by atoms with Gasteiger partial charge in [-0.3, -0.25) is 4.79 Å². The molecule has 0 bridgehead atoms. The van der Waals surface area contributed by atoms with Crippen LogP contribution in [0.15, 0.2) is 91.0 Å². The van der Waals surface area contributed by atoms with Crippen LogP contribution in [0.2, 0.25) is 0 Å². The van der Waals surface area contributed by atoms with Crippen molar-refractivity contribution in [3.05, 3.63) is 91.0 Å². The Morgan fingerprint density at radius 2 is 1.23 bits per heavy atom. The van der Waals surface area contributed by atoms with Crippen molar-refractivity contribution in [1.82, 2.24) is 0 Å². The highest BCUT2D eigenvalue weighted by molar-refractivity contribution is 7.79. The van der Waals surface area contributed by atoms with Gasteiger partial charge < -0.3 is 9.88 Å². The average molecular weight is 363 g/mol. The first kappa shape index (κ1) is 18.2. The third-order valence-corrected chi connectivity index (χ3v) is 7.99. The lowest BCUT2D eigenvalue weighted by atomic mass is 10.3. The van der Waals surface area contributed by atoms with E-state index >= 15 is 0 Å². The lowest BCUT2D eigenvalue weighted by Crippen LogP contribution is -2.27. The summed E-state index contributed by atoms with van der Waals surface area (Å²) in [5.41, 5.74) is 0.440. The molecule has 1 amide bonds. The van der Waals surface area contributed by atoms with Crippen molar-refractivity contribution in [3.63, 3.8) is 0 Å². The number of hydrogen-bond acceptors (Lipinski definition) is 2. The highest BCUT2D eigenvalue weighted by Crippen LogP contribution is 2.49. The number of benzene rings is 3. The molecule has 3 aromatic carbocycles. The third-order valence-electron chi connectivity index (χ3n) is 4.44. The minimum atomic E-state index is -2.93. The molecule has 0 saturated carbocycles. The van der Waals surface area contributed by atoms with Gasteiger partial charge in [-0.05, 0) is 12.1 Å². The number of para-hydroxylation sites is 1. The summed E-state index contributed by atoms with van der Waals surface area (Å²) in [6.07, 6.45) is 0.190. The largest absolute Gasteiger partial charge is 0.326 e. The molecule has 0 spiro atoms. The number of carbonyl (C=O) groups excluding carboxylic acids is 1. The van der Waals surface area contributed by atoms with Crippen LogP contribution in [0, 0.1) is 0 Å². The van der Waals surface area contributed by atoms with Gasteiger partial charge in [0.2, 0.25) is 5.91 Å². The Morgan fingerprint density at radius 3 is 1.69 bits per heavy atom. The summed E-state index contributed by atoms with van der Waals surface area (Å²) in [6.45, 7) is 1.89. The summed E-state index contributed by atoms with van der Waals surface area (Å²) < 4.78 is 14.1. The highest BCUT2D eigenvalue weighted by Gasteiger charge is 2.34. The molecule has 0 radical (unpaired) electrons. The number of carbonyl (C=O) groups is 1. The SMILES string of the molecule is CC(CC(=O)Nc1ccccc1)P(=O)(c1ccccc1)c1ccccc1. The normalized spacial score (nSPS) is 12.3. The van der Waals surface area contributed by atoms with Gasteiger partial charge >= 0.3 is 0 Å². The molecule has 26 heavy (non-hydrogen) atoms. The van der Waals surface area contributed by atoms with Crippen LogP contribution in [0.5, 0.6) is 0 Å². The van der Waals surface area contributed by atoms with Gasteiger partial charge in [-0.25, -0.2) is 0 Å². The molecule has 132 valence electrons. The second kappa shape index (κ2) is 8.16. The van der Waals surface area contributed by atoms with Gasteiger partial charge in [0, 0.05) is 28.4 Å². The molecule has 3 aromatic rings. The second-order valence-corrected chi connectivity index (χ2v) is 9.53. The molecule has 0 saturated heterocycles. The predicted molar refractivity (Wildman–Crippen MR) is 109 cm³/mol. The van der Waals surface area contributed by atoms with Crippen LogP contribution in [0.25, 0.3) is 0 Å². The Bertz CT molecular complexity index is 852. The van der Waals surface area contributed by atoms with Crippen LogP contribution in [-0.2, 0) is 9.36 Å². The van der Waals surface area contributed by atoms with E-state index in [-0.39, 0.29) is 18.0 Å². The highest BCUT2D eigenvalue weighted by atomic mass is 31.2. The van der Waals surface area contributed by atoms with Gasteiger partial charge in [-0.1, -0.05) is 85.8 Å². The molecule has 1 atom stereocenters. The van der Waals surface area contributed by atoms with Crippen molar-refractivity contribution in [2.45, 2.75) is 19.0 Å². The van der Waals surface area contributed by atoms with Crippen LogP contribution < -0.4 is 15.9 Å². The van der Waals surface area contributed by atoms with E-state index in [4.69, 9.17) is 0 Å². The van der Waals surface area contributed by atoms with E-state index in [1.165, 1.54) is 0 Å². The van der Waals surface area contributed by atoms with Crippen LogP contribution in [0.4, 0.5) is 5.69 Å². The molecule has 0 fully saturated rings. The minimum Gasteiger partial charge on any atom is -0.326 e. The zero-order chi connectivity index (χ0) is 18.4. The summed E-state index contributed by atoms with van der Waals surface area (Å²) in [7, 11) is -2.93. The molecule has 0 aliphatic carbocycles. The molecule has 0 aliphatic heterocycles. The van der Waals surface area contributed by atoms with Crippen LogP contribution in [0.3, 0.4) is 0 Å². The standard InChI is InChI=1S/C22H22NO2P/c1-18(17-22(24)23-19-11-5-2-6-12-19)26(25,20-13-7-3-8-14-20)21-15-9-4-10-16-21/h2-16,18H,17H2,1H3,(H,23,24). The fraction of sp³-hybridized carbons (Fsp3) is 0.136. The fourth-order valence-electron chi connectivity index (χ4n) is 3.09. The topological polar surface area (TPSA) is 46.2 Å². The fourth-order valence-corrected chi connectivity index (χ4v) is 6.06. The first-order chi connectivity index (χ1) is 12.6. The summed E-state index contributed by atoms with van der Waals surface area (Å²) >= 11 is 0. The van der Waals surface area contributed by atoms with Crippen molar-refractivity contribution in [1.29, 1.82) is 0 Å². The molecule has 0 aliphatic rings. The average Bonchev–Trinajstić information content (AvgIpc) is 2.69. The molecule has 0 aromatic heterocycles. The van der Waals surface area contributed by atoms with E-state index < -0.39 is 7.14 Å². The van der Waals surface area contributed by atoms with Crippen LogP contribution >= 0.6 is 7.14 Å². The molecule has 3 rings (SSSR count). The van der Waals surface area contributed by atoms with Crippen LogP contribution in [-0.4, -0.2) is 11.6 Å². The maximum absolute atomic E-state index is 14.1. The van der Waals surface area contributed by atoms with E-state index in [1.54, 1.807) is 0 Å². The Hall–Kier alpha value is -2.64. The monoisotopic (exact) mass is 363 g/mol. The van der Waals surface area contributed by atoms with Gasteiger partial charge in [0.15, 0.2) is 0 Å². The smallest absolute Gasteiger partial charge is 0.225 e. The Labute approximate surface area is 154 Å². The van der Waals surface area contributed by atoms with Gasteiger partial charge in [0.1, 0.15) is 7.14 Å². The molecule has 1 N–H and O–H groups in total. The maximum atomic E-state index is 14.1. The zero-order valence-electron chi connectivity index (χ0n) is 14.7. The summed E-state index contributed by atoms with van der Waals surface area (Å²) in [6, 6.07) is 28.3.